The summed E-state index contributed by atoms with van der Waals surface area (Å²) in [7, 11) is 0. The van der Waals surface area contributed by atoms with Crippen molar-refractivity contribution in [2.45, 2.75) is 65.4 Å². The lowest BCUT2D eigenvalue weighted by Crippen LogP contribution is -2.59. The highest BCUT2D eigenvalue weighted by atomic mass is 16.5. The number of ether oxygens (including phenoxy) is 1. The average Bonchev–Trinajstić information content (AvgIpc) is 3.29. The predicted molar refractivity (Wildman–Crippen MR) is 130 cm³/mol. The second kappa shape index (κ2) is 6.59. The number of allylic oxidation sites excluding steroid dienone is 2. The van der Waals surface area contributed by atoms with E-state index in [1.165, 1.54) is 17.6 Å². The fourth-order valence-electron chi connectivity index (χ4n) is 7.16. The molecule has 2 heterocycles. The molecule has 2 N–H and O–H groups in total. The Kier molecular flexibility index (Phi) is 4.13. The van der Waals surface area contributed by atoms with Crippen LogP contribution in [-0.2, 0) is 6.42 Å². The molecule has 2 fully saturated rings. The van der Waals surface area contributed by atoms with Crippen LogP contribution in [0.2, 0.25) is 0 Å². The smallest absolute Gasteiger partial charge is 0.138 e. The first-order valence-corrected chi connectivity index (χ1v) is 12.0. The Morgan fingerprint density at radius 2 is 1.91 bits per heavy atom. The number of furan rings is 1. The molecule has 3 aliphatic rings. The molecule has 172 valence electrons. The van der Waals surface area contributed by atoms with Crippen LogP contribution in [0.15, 0.2) is 46.4 Å². The van der Waals surface area contributed by atoms with E-state index < -0.39 is 0 Å². The fraction of sp³-hybridized carbons (Fsp3) is 0.448. The van der Waals surface area contributed by atoms with E-state index in [0.717, 1.165) is 34.4 Å². The van der Waals surface area contributed by atoms with Gasteiger partial charge in [-0.15, -0.1) is 0 Å². The number of aromatic hydroxyl groups is 2. The van der Waals surface area contributed by atoms with Crippen molar-refractivity contribution in [3.63, 3.8) is 0 Å². The summed E-state index contributed by atoms with van der Waals surface area (Å²) in [6.45, 7) is 11.2. The molecule has 4 heteroatoms. The van der Waals surface area contributed by atoms with Gasteiger partial charge in [-0.25, -0.2) is 0 Å². The van der Waals surface area contributed by atoms with Crippen molar-refractivity contribution in [3.05, 3.63) is 53.1 Å². The quantitative estimate of drug-likeness (QED) is 0.415. The lowest BCUT2D eigenvalue weighted by atomic mass is 9.44. The van der Waals surface area contributed by atoms with Crippen LogP contribution >= 0.6 is 0 Å². The fourth-order valence-corrected chi connectivity index (χ4v) is 7.16. The van der Waals surface area contributed by atoms with Crippen molar-refractivity contribution in [1.29, 1.82) is 0 Å². The Balaban J connectivity index is 1.65. The van der Waals surface area contributed by atoms with E-state index in [-0.39, 0.29) is 22.5 Å². The van der Waals surface area contributed by atoms with Crippen molar-refractivity contribution >= 4 is 11.0 Å². The van der Waals surface area contributed by atoms with Crippen molar-refractivity contribution in [1.82, 2.24) is 0 Å². The SMILES string of the molecule is CC(C)=CCc1c(O)cc2c(c1-c1cc3ccc(O)cc3o1)C1C3C(CCC3(C)O2)C1(C)C. The standard InChI is InChI=1S/C29H32O4/c1-15(2)6-9-18-20(31)14-23-25(24(18)22-12-16-7-8-17(30)13-21(16)32-22)27-26-19(28(27,3)4)10-11-29(26,5)33-23/h6-8,12-14,19,26-27,30-31H,9-11H2,1-5H3. The molecule has 0 saturated heterocycles. The van der Waals surface area contributed by atoms with Crippen LogP contribution in [0.5, 0.6) is 17.2 Å². The largest absolute Gasteiger partial charge is 0.508 e. The number of benzene rings is 2. The molecule has 3 aromatic rings. The molecule has 2 aromatic carbocycles. The van der Waals surface area contributed by atoms with Gasteiger partial charge >= 0.3 is 0 Å². The molecule has 0 amide bonds. The molecule has 33 heavy (non-hydrogen) atoms. The molecule has 0 radical (unpaired) electrons. The number of fused-ring (bicyclic) bond motifs is 3. The summed E-state index contributed by atoms with van der Waals surface area (Å²) < 4.78 is 13.0. The van der Waals surface area contributed by atoms with E-state index >= 15 is 0 Å². The highest BCUT2D eigenvalue weighted by Gasteiger charge is 2.69. The van der Waals surface area contributed by atoms with Crippen molar-refractivity contribution in [2.24, 2.45) is 17.3 Å². The zero-order valence-electron chi connectivity index (χ0n) is 20.0. The van der Waals surface area contributed by atoms with Crippen molar-refractivity contribution in [2.75, 3.05) is 0 Å². The highest BCUT2D eigenvalue weighted by molar-refractivity contribution is 5.87. The maximum absolute atomic E-state index is 11.2. The Bertz CT molecular complexity index is 1320. The summed E-state index contributed by atoms with van der Waals surface area (Å²) in [6, 6.07) is 9.07. The molecule has 1 aliphatic heterocycles. The average molecular weight is 445 g/mol. The van der Waals surface area contributed by atoms with E-state index in [1.807, 2.05) is 18.2 Å². The van der Waals surface area contributed by atoms with E-state index in [4.69, 9.17) is 9.15 Å². The predicted octanol–water partition coefficient (Wildman–Crippen LogP) is 7.32. The normalized spacial score (nSPS) is 28.6. The molecule has 2 saturated carbocycles. The molecule has 4 nitrogen and oxygen atoms in total. The van der Waals surface area contributed by atoms with Crippen LogP contribution in [0.4, 0.5) is 0 Å². The zero-order valence-corrected chi connectivity index (χ0v) is 20.0. The summed E-state index contributed by atoms with van der Waals surface area (Å²) in [4.78, 5) is 0. The van der Waals surface area contributed by atoms with Gasteiger partial charge in [-0.05, 0) is 69.6 Å². The Morgan fingerprint density at radius 3 is 2.67 bits per heavy atom. The summed E-state index contributed by atoms with van der Waals surface area (Å²) in [6.07, 6.45) is 5.02. The van der Waals surface area contributed by atoms with Gasteiger partial charge in [0, 0.05) is 46.0 Å². The van der Waals surface area contributed by atoms with Gasteiger partial charge in [-0.1, -0.05) is 25.5 Å². The van der Waals surface area contributed by atoms with Crippen molar-refractivity contribution in [3.8, 4) is 28.6 Å². The van der Waals surface area contributed by atoms with Gasteiger partial charge in [0.2, 0.25) is 0 Å². The van der Waals surface area contributed by atoms with Crippen LogP contribution in [0.1, 0.15) is 64.5 Å². The van der Waals surface area contributed by atoms with Crippen LogP contribution in [0.25, 0.3) is 22.3 Å². The minimum atomic E-state index is -0.178. The van der Waals surface area contributed by atoms with Crippen LogP contribution in [0, 0.1) is 17.3 Å². The number of phenols is 2. The molecule has 0 spiro atoms. The highest BCUT2D eigenvalue weighted by Crippen LogP contribution is 2.74. The van der Waals surface area contributed by atoms with Gasteiger partial charge < -0.3 is 19.4 Å². The van der Waals surface area contributed by atoms with Gasteiger partial charge in [0.15, 0.2) is 0 Å². The summed E-state index contributed by atoms with van der Waals surface area (Å²) in [5.74, 6) is 3.43. The third-order valence-corrected chi connectivity index (χ3v) is 8.74. The number of phenolic OH excluding ortho intramolecular Hbond substituents is 2. The third kappa shape index (κ3) is 2.76. The van der Waals surface area contributed by atoms with Crippen molar-refractivity contribution < 1.29 is 19.4 Å². The van der Waals surface area contributed by atoms with Gasteiger partial charge in [-0.3, -0.25) is 0 Å². The van der Waals surface area contributed by atoms with E-state index in [9.17, 15) is 10.2 Å². The van der Waals surface area contributed by atoms with Crippen LogP contribution in [0.3, 0.4) is 0 Å². The Hall–Kier alpha value is -2.88. The Morgan fingerprint density at radius 1 is 1.12 bits per heavy atom. The molecule has 6 rings (SSSR count). The topological polar surface area (TPSA) is 62.8 Å². The van der Waals surface area contributed by atoms with E-state index in [0.29, 0.717) is 29.8 Å². The molecule has 2 aliphatic carbocycles. The van der Waals surface area contributed by atoms with Gasteiger partial charge in [0.1, 0.15) is 34.2 Å². The number of rotatable bonds is 3. The van der Waals surface area contributed by atoms with E-state index in [1.54, 1.807) is 12.1 Å². The first-order valence-electron chi connectivity index (χ1n) is 12.0. The lowest BCUT2D eigenvalue weighted by Gasteiger charge is -2.62. The number of hydrogen-bond acceptors (Lipinski definition) is 4. The minimum absolute atomic E-state index is 0.157. The number of hydrogen-bond donors (Lipinski definition) is 2. The molecule has 4 unspecified atom stereocenters. The molecular weight excluding hydrogens is 412 g/mol. The van der Waals surface area contributed by atoms with Gasteiger partial charge in [-0.2, -0.15) is 0 Å². The minimum Gasteiger partial charge on any atom is -0.508 e. The molecule has 1 aromatic heterocycles. The van der Waals surface area contributed by atoms with Gasteiger partial charge in [0.05, 0.1) is 0 Å². The molecular formula is C29H32O4. The first kappa shape index (κ1) is 20.7. The molecule has 0 bridgehead atoms. The second-order valence-corrected chi connectivity index (χ2v) is 11.4. The summed E-state index contributed by atoms with van der Waals surface area (Å²) in [5.41, 5.74) is 4.85. The van der Waals surface area contributed by atoms with Gasteiger partial charge in [0.25, 0.3) is 0 Å². The summed E-state index contributed by atoms with van der Waals surface area (Å²) >= 11 is 0. The monoisotopic (exact) mass is 444 g/mol. The lowest BCUT2D eigenvalue weighted by molar-refractivity contribution is -0.120. The maximum Gasteiger partial charge on any atom is 0.138 e. The van der Waals surface area contributed by atoms with Crippen LogP contribution in [-0.4, -0.2) is 15.8 Å². The third-order valence-electron chi connectivity index (χ3n) is 8.74. The Labute approximate surface area is 194 Å². The summed E-state index contributed by atoms with van der Waals surface area (Å²) in [5, 5.41) is 22.1. The van der Waals surface area contributed by atoms with Crippen LogP contribution < -0.4 is 4.74 Å². The maximum atomic E-state index is 11.2. The zero-order chi connectivity index (χ0) is 23.3. The second-order valence-electron chi connectivity index (χ2n) is 11.4. The first-order chi connectivity index (χ1) is 15.6. The molecule has 4 atom stereocenters. The van der Waals surface area contributed by atoms with E-state index in [2.05, 4.69) is 40.7 Å².